The van der Waals surface area contributed by atoms with Crippen molar-refractivity contribution in [3.8, 4) is 5.75 Å². The molecule has 4 heteroatoms. The topological polar surface area (TPSA) is 55.5 Å². The van der Waals surface area contributed by atoms with Crippen LogP contribution in [0.4, 0.5) is 0 Å². The second-order valence-electron chi connectivity index (χ2n) is 2.76. The van der Waals surface area contributed by atoms with Crippen LogP contribution in [0.25, 0.3) is 0 Å². The number of hydrogen-bond donors (Lipinski definition) is 2. The van der Waals surface area contributed by atoms with E-state index in [1.54, 1.807) is 19.2 Å². The largest absolute Gasteiger partial charge is 0.508 e. The third kappa shape index (κ3) is 2.69. The van der Waals surface area contributed by atoms with Gasteiger partial charge in [0, 0.05) is 17.1 Å². The second kappa shape index (κ2) is 4.60. The maximum absolute atomic E-state index is 9.52. The zero-order valence-corrected chi connectivity index (χ0v) is 8.91. The molecule has 0 aliphatic rings. The predicted octanol–water partition coefficient (Wildman–Crippen LogP) is 1.80. The molecule has 1 atom stereocenters. The van der Waals surface area contributed by atoms with E-state index in [9.17, 15) is 5.11 Å². The lowest BCUT2D eigenvalue weighted by molar-refractivity contribution is 0.180. The van der Waals surface area contributed by atoms with Gasteiger partial charge in [-0.1, -0.05) is 22.0 Å². The molecule has 1 rings (SSSR count). The summed E-state index contributed by atoms with van der Waals surface area (Å²) in [7, 11) is 1.58. The molecular weight excluding hydrogens is 234 g/mol. The first-order valence-corrected chi connectivity index (χ1v) is 4.67. The highest BCUT2D eigenvalue weighted by molar-refractivity contribution is 9.10. The highest BCUT2D eigenvalue weighted by Crippen LogP contribution is 2.26. The van der Waals surface area contributed by atoms with Crippen molar-refractivity contribution in [3.05, 3.63) is 28.2 Å². The number of methoxy groups -OCH3 is 1. The van der Waals surface area contributed by atoms with Crippen LogP contribution >= 0.6 is 15.9 Å². The molecule has 13 heavy (non-hydrogen) atoms. The lowest BCUT2D eigenvalue weighted by atomic mass is 10.1. The summed E-state index contributed by atoms with van der Waals surface area (Å²) in [6.07, 6.45) is 0. The summed E-state index contributed by atoms with van der Waals surface area (Å²) in [5, 5.41) is 9.52. The maximum Gasteiger partial charge on any atom is 0.121 e. The number of nitrogens with two attached hydrogens (primary N) is 1. The van der Waals surface area contributed by atoms with E-state index in [4.69, 9.17) is 10.5 Å². The first-order valence-electron chi connectivity index (χ1n) is 3.88. The number of halogens is 1. The quantitative estimate of drug-likeness (QED) is 0.854. The Morgan fingerprint density at radius 1 is 1.62 bits per heavy atom. The standard InChI is InChI=1S/C9H12BrNO2/c1-13-5-8(11)7-3-2-6(10)4-9(7)12/h2-4,8,12H,5,11H2,1H3/t8-/m0/s1. The fourth-order valence-corrected chi connectivity index (χ4v) is 1.45. The maximum atomic E-state index is 9.52. The molecule has 0 aliphatic heterocycles. The van der Waals surface area contributed by atoms with E-state index < -0.39 is 0 Å². The monoisotopic (exact) mass is 245 g/mol. The van der Waals surface area contributed by atoms with E-state index in [1.807, 2.05) is 6.07 Å². The zero-order chi connectivity index (χ0) is 9.84. The number of phenols is 1. The lowest BCUT2D eigenvalue weighted by Crippen LogP contribution is -2.16. The fraction of sp³-hybridized carbons (Fsp3) is 0.333. The van der Waals surface area contributed by atoms with Gasteiger partial charge in [-0.05, 0) is 12.1 Å². The first kappa shape index (κ1) is 10.5. The zero-order valence-electron chi connectivity index (χ0n) is 7.33. The molecule has 3 N–H and O–H groups in total. The highest BCUT2D eigenvalue weighted by atomic mass is 79.9. The Kier molecular flexibility index (Phi) is 3.71. The normalized spacial score (nSPS) is 12.8. The Morgan fingerprint density at radius 2 is 2.31 bits per heavy atom. The number of phenolic OH excluding ortho intramolecular Hbond substituents is 1. The van der Waals surface area contributed by atoms with Crippen LogP contribution in [-0.4, -0.2) is 18.8 Å². The minimum Gasteiger partial charge on any atom is -0.508 e. The van der Waals surface area contributed by atoms with Gasteiger partial charge in [0.05, 0.1) is 12.6 Å². The van der Waals surface area contributed by atoms with Crippen LogP contribution in [-0.2, 0) is 4.74 Å². The summed E-state index contributed by atoms with van der Waals surface area (Å²) in [4.78, 5) is 0. The van der Waals surface area contributed by atoms with Gasteiger partial charge in [0.1, 0.15) is 5.75 Å². The smallest absolute Gasteiger partial charge is 0.121 e. The summed E-state index contributed by atoms with van der Waals surface area (Å²) >= 11 is 3.25. The Hall–Kier alpha value is -0.580. The molecule has 0 radical (unpaired) electrons. The van der Waals surface area contributed by atoms with Crippen molar-refractivity contribution in [1.29, 1.82) is 0 Å². The van der Waals surface area contributed by atoms with Crippen molar-refractivity contribution in [2.24, 2.45) is 5.73 Å². The van der Waals surface area contributed by atoms with Crippen LogP contribution in [0.2, 0.25) is 0 Å². The third-order valence-electron chi connectivity index (χ3n) is 1.74. The Labute approximate surface area is 85.6 Å². The van der Waals surface area contributed by atoms with Crippen LogP contribution in [0, 0.1) is 0 Å². The van der Waals surface area contributed by atoms with Gasteiger partial charge in [-0.2, -0.15) is 0 Å². The third-order valence-corrected chi connectivity index (χ3v) is 2.23. The summed E-state index contributed by atoms with van der Waals surface area (Å²) in [5.74, 6) is 0.193. The molecule has 0 fully saturated rings. The molecule has 0 bridgehead atoms. The van der Waals surface area contributed by atoms with Crippen molar-refractivity contribution >= 4 is 15.9 Å². The van der Waals surface area contributed by atoms with Crippen LogP contribution < -0.4 is 5.73 Å². The molecule has 0 unspecified atom stereocenters. The van der Waals surface area contributed by atoms with Gasteiger partial charge in [0.15, 0.2) is 0 Å². The van der Waals surface area contributed by atoms with E-state index in [0.29, 0.717) is 12.2 Å². The van der Waals surface area contributed by atoms with Crippen molar-refractivity contribution in [2.75, 3.05) is 13.7 Å². The lowest BCUT2D eigenvalue weighted by Gasteiger charge is -2.12. The first-order chi connectivity index (χ1) is 6.15. The summed E-state index contributed by atoms with van der Waals surface area (Å²) in [6.45, 7) is 0.398. The number of aromatic hydroxyl groups is 1. The molecule has 3 nitrogen and oxygen atoms in total. The molecule has 72 valence electrons. The van der Waals surface area contributed by atoms with E-state index in [0.717, 1.165) is 4.47 Å². The molecule has 1 aromatic carbocycles. The van der Waals surface area contributed by atoms with Crippen LogP contribution in [0.3, 0.4) is 0 Å². The minimum absolute atomic E-state index is 0.193. The van der Waals surface area contributed by atoms with Crippen LogP contribution in [0.1, 0.15) is 11.6 Å². The molecular formula is C9H12BrNO2. The molecule has 1 aromatic rings. The van der Waals surface area contributed by atoms with Crippen molar-refractivity contribution < 1.29 is 9.84 Å². The van der Waals surface area contributed by atoms with Crippen LogP contribution in [0.15, 0.2) is 22.7 Å². The van der Waals surface area contributed by atoms with Gasteiger partial charge in [-0.25, -0.2) is 0 Å². The second-order valence-corrected chi connectivity index (χ2v) is 3.68. The van der Waals surface area contributed by atoms with Gasteiger partial charge < -0.3 is 15.6 Å². The minimum atomic E-state index is -0.280. The van der Waals surface area contributed by atoms with Crippen molar-refractivity contribution in [2.45, 2.75) is 6.04 Å². The average Bonchev–Trinajstić information content (AvgIpc) is 2.04. The summed E-state index contributed by atoms with van der Waals surface area (Å²) in [5.41, 5.74) is 6.46. The van der Waals surface area contributed by atoms with E-state index in [1.165, 1.54) is 0 Å². The van der Waals surface area contributed by atoms with Gasteiger partial charge in [0.2, 0.25) is 0 Å². The summed E-state index contributed by atoms with van der Waals surface area (Å²) in [6, 6.07) is 4.96. The molecule has 0 amide bonds. The van der Waals surface area contributed by atoms with Crippen molar-refractivity contribution in [1.82, 2.24) is 0 Å². The van der Waals surface area contributed by atoms with E-state index >= 15 is 0 Å². The number of benzene rings is 1. The van der Waals surface area contributed by atoms with Gasteiger partial charge in [-0.3, -0.25) is 0 Å². The Morgan fingerprint density at radius 3 is 2.85 bits per heavy atom. The van der Waals surface area contributed by atoms with Gasteiger partial charge >= 0.3 is 0 Å². The fourth-order valence-electron chi connectivity index (χ4n) is 1.10. The SMILES string of the molecule is COC[C@H](N)c1ccc(Br)cc1O. The molecule has 0 aromatic heterocycles. The molecule has 0 heterocycles. The van der Waals surface area contributed by atoms with Crippen molar-refractivity contribution in [3.63, 3.8) is 0 Å². The van der Waals surface area contributed by atoms with Crippen LogP contribution in [0.5, 0.6) is 5.75 Å². The number of rotatable bonds is 3. The van der Waals surface area contributed by atoms with E-state index in [2.05, 4.69) is 15.9 Å². The highest BCUT2D eigenvalue weighted by Gasteiger charge is 2.10. The molecule has 0 saturated heterocycles. The summed E-state index contributed by atoms with van der Waals surface area (Å²) < 4.78 is 5.73. The molecule has 0 saturated carbocycles. The average molecular weight is 246 g/mol. The van der Waals surface area contributed by atoms with Gasteiger partial charge in [0.25, 0.3) is 0 Å². The molecule has 0 spiro atoms. The predicted molar refractivity (Wildman–Crippen MR) is 54.6 cm³/mol. The number of hydrogen-bond acceptors (Lipinski definition) is 3. The molecule has 0 aliphatic carbocycles. The van der Waals surface area contributed by atoms with Gasteiger partial charge in [-0.15, -0.1) is 0 Å². The Bertz CT molecular complexity index is 291. The Balaban J connectivity index is 2.88. The number of ether oxygens (including phenoxy) is 1. The van der Waals surface area contributed by atoms with E-state index in [-0.39, 0.29) is 11.8 Å².